The summed E-state index contributed by atoms with van der Waals surface area (Å²) in [5.41, 5.74) is 0. The van der Waals surface area contributed by atoms with Crippen LogP contribution in [0.15, 0.2) is 0 Å². The SMILES string of the molecule is CCC(CCCCCCCCCCCC(=O)OCCCCCC(C)C)CC(=O)OCCCCCC(C)C. The Bertz CT molecular complexity index is 514. The fourth-order valence-electron chi connectivity index (χ4n) is 4.79. The lowest BCUT2D eigenvalue weighted by atomic mass is 9.95. The fraction of sp³-hybridized carbons (Fsp3) is 0.939. The molecule has 0 aromatic carbocycles. The van der Waals surface area contributed by atoms with E-state index in [9.17, 15) is 9.59 Å². The van der Waals surface area contributed by atoms with Gasteiger partial charge in [0.2, 0.25) is 0 Å². The zero-order valence-electron chi connectivity index (χ0n) is 25.6. The number of carbonyl (C=O) groups excluding carboxylic acids is 2. The van der Waals surface area contributed by atoms with Crippen molar-refractivity contribution in [3.05, 3.63) is 0 Å². The van der Waals surface area contributed by atoms with Crippen molar-refractivity contribution in [2.75, 3.05) is 13.2 Å². The minimum absolute atomic E-state index is 0.000993. The summed E-state index contributed by atoms with van der Waals surface area (Å²) in [5.74, 6) is 2.00. The van der Waals surface area contributed by atoms with Crippen molar-refractivity contribution < 1.29 is 19.1 Å². The fourth-order valence-corrected chi connectivity index (χ4v) is 4.79. The van der Waals surface area contributed by atoms with Crippen molar-refractivity contribution in [3.63, 3.8) is 0 Å². The molecule has 0 aliphatic heterocycles. The van der Waals surface area contributed by atoms with Crippen LogP contribution in [0.3, 0.4) is 0 Å². The number of rotatable bonds is 27. The predicted molar refractivity (Wildman–Crippen MR) is 158 cm³/mol. The van der Waals surface area contributed by atoms with Gasteiger partial charge in [0, 0.05) is 12.8 Å². The van der Waals surface area contributed by atoms with E-state index >= 15 is 0 Å². The molecule has 0 aromatic heterocycles. The molecular formula is C33H64O4. The zero-order valence-corrected chi connectivity index (χ0v) is 25.6. The Kier molecular flexibility index (Phi) is 25.8. The average molecular weight is 525 g/mol. The van der Waals surface area contributed by atoms with Crippen molar-refractivity contribution in [1.82, 2.24) is 0 Å². The Balaban J connectivity index is 3.47. The van der Waals surface area contributed by atoms with Crippen LogP contribution in [-0.4, -0.2) is 25.2 Å². The lowest BCUT2D eigenvalue weighted by Gasteiger charge is -2.14. The van der Waals surface area contributed by atoms with E-state index in [0.717, 1.165) is 63.2 Å². The third-order valence-corrected chi connectivity index (χ3v) is 7.40. The lowest BCUT2D eigenvalue weighted by molar-refractivity contribution is -0.145. The molecule has 0 aromatic rings. The number of carbonyl (C=O) groups is 2. The zero-order chi connectivity index (χ0) is 27.6. The molecule has 0 rings (SSSR count). The van der Waals surface area contributed by atoms with E-state index in [2.05, 4.69) is 34.6 Å². The van der Waals surface area contributed by atoms with Crippen LogP contribution in [0, 0.1) is 17.8 Å². The van der Waals surface area contributed by atoms with E-state index in [4.69, 9.17) is 9.47 Å². The lowest BCUT2D eigenvalue weighted by Crippen LogP contribution is -2.12. The minimum atomic E-state index is -0.0143. The number of hydrogen-bond acceptors (Lipinski definition) is 4. The van der Waals surface area contributed by atoms with Gasteiger partial charge in [-0.05, 0) is 43.4 Å². The molecule has 0 saturated carbocycles. The van der Waals surface area contributed by atoms with Crippen LogP contribution in [0.4, 0.5) is 0 Å². The molecule has 0 saturated heterocycles. The summed E-state index contributed by atoms with van der Waals surface area (Å²) >= 11 is 0. The first-order valence-corrected chi connectivity index (χ1v) is 16.2. The van der Waals surface area contributed by atoms with E-state index in [1.54, 1.807) is 0 Å². The summed E-state index contributed by atoms with van der Waals surface area (Å²) in [7, 11) is 0. The van der Waals surface area contributed by atoms with Gasteiger partial charge in [-0.15, -0.1) is 0 Å². The second kappa shape index (κ2) is 26.5. The molecule has 4 heteroatoms. The summed E-state index contributed by atoms with van der Waals surface area (Å²) in [6.07, 6.45) is 23.7. The highest BCUT2D eigenvalue weighted by Crippen LogP contribution is 2.20. The van der Waals surface area contributed by atoms with Crippen molar-refractivity contribution in [1.29, 1.82) is 0 Å². The molecule has 1 atom stereocenters. The van der Waals surface area contributed by atoms with Gasteiger partial charge in [0.25, 0.3) is 0 Å². The van der Waals surface area contributed by atoms with Crippen LogP contribution in [0.25, 0.3) is 0 Å². The number of unbranched alkanes of at least 4 members (excludes halogenated alkanes) is 12. The molecule has 0 aliphatic carbocycles. The Morgan fingerprint density at radius 3 is 1.41 bits per heavy atom. The number of hydrogen-bond donors (Lipinski definition) is 0. The second-order valence-corrected chi connectivity index (χ2v) is 12.1. The van der Waals surface area contributed by atoms with Gasteiger partial charge in [0.15, 0.2) is 0 Å². The largest absolute Gasteiger partial charge is 0.466 e. The maximum absolute atomic E-state index is 12.1. The van der Waals surface area contributed by atoms with Gasteiger partial charge in [-0.1, -0.05) is 131 Å². The molecule has 0 radical (unpaired) electrons. The van der Waals surface area contributed by atoms with Crippen LogP contribution >= 0.6 is 0 Å². The summed E-state index contributed by atoms with van der Waals surface area (Å²) in [6.45, 7) is 12.4. The monoisotopic (exact) mass is 524 g/mol. The Labute approximate surface area is 231 Å². The Hall–Kier alpha value is -1.06. The molecule has 0 N–H and O–H groups in total. The average Bonchev–Trinajstić information content (AvgIpc) is 2.85. The maximum atomic E-state index is 12.1. The Morgan fingerprint density at radius 2 is 0.919 bits per heavy atom. The highest BCUT2D eigenvalue weighted by Gasteiger charge is 2.13. The molecule has 220 valence electrons. The van der Waals surface area contributed by atoms with Crippen LogP contribution in [-0.2, 0) is 19.1 Å². The third-order valence-electron chi connectivity index (χ3n) is 7.40. The topological polar surface area (TPSA) is 52.6 Å². The van der Waals surface area contributed by atoms with Crippen molar-refractivity contribution in [3.8, 4) is 0 Å². The molecule has 0 heterocycles. The van der Waals surface area contributed by atoms with Crippen LogP contribution in [0.1, 0.15) is 169 Å². The van der Waals surface area contributed by atoms with Gasteiger partial charge in [0.1, 0.15) is 0 Å². The van der Waals surface area contributed by atoms with Crippen molar-refractivity contribution in [2.24, 2.45) is 17.8 Å². The molecule has 0 amide bonds. The normalized spacial score (nSPS) is 12.3. The van der Waals surface area contributed by atoms with E-state index in [0.29, 0.717) is 32.0 Å². The summed E-state index contributed by atoms with van der Waals surface area (Å²) in [4.78, 5) is 23.9. The molecule has 0 bridgehead atoms. The van der Waals surface area contributed by atoms with Gasteiger partial charge in [0.05, 0.1) is 13.2 Å². The molecule has 0 spiro atoms. The first kappa shape index (κ1) is 35.9. The van der Waals surface area contributed by atoms with E-state index in [1.807, 2.05) is 0 Å². The first-order valence-electron chi connectivity index (χ1n) is 16.2. The number of ether oxygens (including phenoxy) is 2. The molecule has 1 unspecified atom stereocenters. The maximum Gasteiger partial charge on any atom is 0.306 e. The van der Waals surface area contributed by atoms with Crippen LogP contribution in [0.2, 0.25) is 0 Å². The van der Waals surface area contributed by atoms with Crippen molar-refractivity contribution >= 4 is 11.9 Å². The molecular weight excluding hydrogens is 460 g/mol. The highest BCUT2D eigenvalue weighted by molar-refractivity contribution is 5.69. The van der Waals surface area contributed by atoms with Gasteiger partial charge in [-0.3, -0.25) is 9.59 Å². The van der Waals surface area contributed by atoms with Crippen LogP contribution < -0.4 is 0 Å². The minimum Gasteiger partial charge on any atom is -0.466 e. The van der Waals surface area contributed by atoms with E-state index in [1.165, 1.54) is 70.6 Å². The van der Waals surface area contributed by atoms with E-state index < -0.39 is 0 Å². The molecule has 0 aliphatic rings. The van der Waals surface area contributed by atoms with Crippen molar-refractivity contribution in [2.45, 2.75) is 169 Å². The van der Waals surface area contributed by atoms with Gasteiger partial charge < -0.3 is 9.47 Å². The molecule has 0 fully saturated rings. The summed E-state index contributed by atoms with van der Waals surface area (Å²) in [6, 6.07) is 0. The summed E-state index contributed by atoms with van der Waals surface area (Å²) < 4.78 is 10.8. The van der Waals surface area contributed by atoms with Gasteiger partial charge in [-0.2, -0.15) is 0 Å². The first-order chi connectivity index (χ1) is 17.8. The highest BCUT2D eigenvalue weighted by atomic mass is 16.5. The summed E-state index contributed by atoms with van der Waals surface area (Å²) in [5, 5.41) is 0. The quantitative estimate of drug-likeness (QED) is 0.0792. The Morgan fingerprint density at radius 1 is 0.514 bits per heavy atom. The third kappa shape index (κ3) is 27.8. The molecule has 4 nitrogen and oxygen atoms in total. The van der Waals surface area contributed by atoms with Crippen LogP contribution in [0.5, 0.6) is 0 Å². The number of esters is 2. The smallest absolute Gasteiger partial charge is 0.306 e. The molecule has 37 heavy (non-hydrogen) atoms. The van der Waals surface area contributed by atoms with E-state index in [-0.39, 0.29) is 11.9 Å². The second-order valence-electron chi connectivity index (χ2n) is 12.1. The predicted octanol–water partition coefficient (Wildman–Crippen LogP) is 10.2. The van der Waals surface area contributed by atoms with Gasteiger partial charge in [-0.25, -0.2) is 0 Å². The standard InChI is InChI=1S/C33H64O4/c1-6-31(28-33(35)37-27-21-15-17-23-30(4)5)24-18-12-10-8-7-9-11-13-19-25-32(34)36-26-20-14-16-22-29(2)3/h29-31H,6-28H2,1-5H3. The van der Waals surface area contributed by atoms with Gasteiger partial charge >= 0.3 is 11.9 Å².